The Kier molecular flexibility index (Phi) is 11.4. The number of carbonyl (C=O) groups excluding carboxylic acids is 2. The highest BCUT2D eigenvalue weighted by Crippen LogP contribution is 2.28. The Morgan fingerprint density at radius 2 is 1.68 bits per heavy atom. The molecule has 0 aliphatic carbocycles. The summed E-state index contributed by atoms with van der Waals surface area (Å²) in [7, 11) is -2.66. The molecule has 10 heteroatoms. The number of ether oxygens (including phenoxy) is 1. The van der Waals surface area contributed by atoms with Gasteiger partial charge in [0, 0.05) is 24.2 Å². The summed E-state index contributed by atoms with van der Waals surface area (Å²) in [6.07, 6.45) is 2.07. The summed E-state index contributed by atoms with van der Waals surface area (Å²) in [5, 5.41) is 3.46. The molecule has 2 amide bonds. The van der Waals surface area contributed by atoms with Gasteiger partial charge in [-0.05, 0) is 54.8 Å². The maximum atomic E-state index is 14.0. The monoisotopic (exact) mass is 585 g/mol. The van der Waals surface area contributed by atoms with Gasteiger partial charge in [0.1, 0.15) is 18.3 Å². The van der Waals surface area contributed by atoms with Gasteiger partial charge < -0.3 is 15.0 Å². The van der Waals surface area contributed by atoms with Crippen molar-refractivity contribution in [1.82, 2.24) is 10.2 Å². The Labute approximate surface area is 241 Å². The third-order valence-electron chi connectivity index (χ3n) is 6.43. The van der Waals surface area contributed by atoms with E-state index < -0.39 is 28.5 Å². The minimum absolute atomic E-state index is 0.0409. The fraction of sp³-hybridized carbons (Fsp3) is 0.333. The highest BCUT2D eigenvalue weighted by atomic mass is 35.5. The predicted octanol–water partition coefficient (Wildman–Crippen LogP) is 5.27. The fourth-order valence-electron chi connectivity index (χ4n) is 4.23. The molecule has 0 saturated heterocycles. The number of nitrogens with one attached hydrogen (secondary N) is 1. The van der Waals surface area contributed by atoms with E-state index in [1.165, 1.54) is 24.1 Å². The Morgan fingerprint density at radius 1 is 0.975 bits per heavy atom. The lowest BCUT2D eigenvalue weighted by atomic mass is 10.1. The molecule has 214 valence electrons. The molecule has 0 spiro atoms. The first-order valence-corrected chi connectivity index (χ1v) is 15.1. The van der Waals surface area contributed by atoms with Crippen LogP contribution < -0.4 is 14.4 Å². The number of hydrogen-bond donors (Lipinski definition) is 1. The van der Waals surface area contributed by atoms with Gasteiger partial charge in [-0.1, -0.05) is 68.3 Å². The van der Waals surface area contributed by atoms with E-state index in [4.69, 9.17) is 16.3 Å². The number of carbonyl (C=O) groups is 2. The molecule has 1 atom stereocenters. The second kappa shape index (κ2) is 14.7. The normalized spacial score (nSPS) is 11.9. The number of amides is 2. The third kappa shape index (κ3) is 7.99. The van der Waals surface area contributed by atoms with Crippen molar-refractivity contribution in [1.29, 1.82) is 0 Å². The van der Waals surface area contributed by atoms with Crippen LogP contribution in [0.1, 0.15) is 38.7 Å². The highest BCUT2D eigenvalue weighted by molar-refractivity contribution is 7.92. The third-order valence-corrected chi connectivity index (χ3v) is 8.47. The van der Waals surface area contributed by atoms with Crippen LogP contribution in [-0.4, -0.2) is 51.4 Å². The summed E-state index contributed by atoms with van der Waals surface area (Å²) in [5.74, 6) is -0.357. The van der Waals surface area contributed by atoms with Crippen molar-refractivity contribution < 1.29 is 22.7 Å². The lowest BCUT2D eigenvalue weighted by Gasteiger charge is -2.33. The molecule has 0 aliphatic rings. The van der Waals surface area contributed by atoms with Crippen LogP contribution in [0.25, 0.3) is 0 Å². The van der Waals surface area contributed by atoms with Crippen molar-refractivity contribution in [3.8, 4) is 5.75 Å². The number of sulfonamides is 1. The quantitative estimate of drug-likeness (QED) is 0.260. The van der Waals surface area contributed by atoms with Gasteiger partial charge in [0.05, 0.1) is 17.7 Å². The van der Waals surface area contributed by atoms with Crippen LogP contribution in [0.2, 0.25) is 5.02 Å². The van der Waals surface area contributed by atoms with E-state index in [-0.39, 0.29) is 23.0 Å². The number of halogens is 1. The summed E-state index contributed by atoms with van der Waals surface area (Å²) in [6, 6.07) is 20.6. The molecule has 8 nitrogen and oxygen atoms in total. The zero-order chi connectivity index (χ0) is 29.1. The van der Waals surface area contributed by atoms with Crippen molar-refractivity contribution in [2.45, 2.75) is 50.6 Å². The summed E-state index contributed by atoms with van der Waals surface area (Å²) >= 11 is 6.06. The predicted molar refractivity (Wildman–Crippen MR) is 158 cm³/mol. The molecule has 0 fully saturated rings. The van der Waals surface area contributed by atoms with Crippen molar-refractivity contribution in [2.75, 3.05) is 24.5 Å². The van der Waals surface area contributed by atoms with Crippen molar-refractivity contribution in [2.24, 2.45) is 0 Å². The molecule has 0 aliphatic heterocycles. The first-order valence-electron chi connectivity index (χ1n) is 13.2. The van der Waals surface area contributed by atoms with Gasteiger partial charge in [-0.2, -0.15) is 0 Å². The van der Waals surface area contributed by atoms with Gasteiger partial charge in [-0.3, -0.25) is 13.9 Å². The minimum Gasteiger partial charge on any atom is -0.497 e. The standard InChI is InChI=1S/C30H36ClN3O5S/c1-4-6-19-32-30(36)28(5-2)33(21-23-15-17-24(31)18-16-23)29(35)22-34(25-11-10-12-26(20-25)39-3)40(37,38)27-13-8-7-9-14-27/h7-18,20,28H,4-6,19,21-22H2,1-3H3,(H,32,36)/t28-/m1/s1. The zero-order valence-corrected chi connectivity index (χ0v) is 24.6. The molecule has 3 aromatic carbocycles. The number of hydrogen-bond acceptors (Lipinski definition) is 5. The smallest absolute Gasteiger partial charge is 0.264 e. The summed E-state index contributed by atoms with van der Waals surface area (Å²) < 4.78 is 34.1. The van der Waals surface area contributed by atoms with Crippen LogP contribution in [0, 0.1) is 0 Å². The molecular formula is C30H36ClN3O5S. The maximum Gasteiger partial charge on any atom is 0.264 e. The number of rotatable bonds is 14. The van der Waals surface area contributed by atoms with Crippen LogP contribution in [-0.2, 0) is 26.2 Å². The minimum atomic E-state index is -4.14. The van der Waals surface area contributed by atoms with Crippen LogP contribution >= 0.6 is 11.6 Å². The number of benzene rings is 3. The highest BCUT2D eigenvalue weighted by Gasteiger charge is 2.33. The summed E-state index contributed by atoms with van der Waals surface area (Å²) in [6.45, 7) is 3.93. The molecule has 0 bridgehead atoms. The van der Waals surface area contributed by atoms with E-state index in [0.717, 1.165) is 22.7 Å². The van der Waals surface area contributed by atoms with E-state index >= 15 is 0 Å². The molecular weight excluding hydrogens is 550 g/mol. The van der Waals surface area contributed by atoms with Gasteiger partial charge in [-0.25, -0.2) is 8.42 Å². The van der Waals surface area contributed by atoms with Crippen LogP contribution in [0.15, 0.2) is 83.8 Å². The lowest BCUT2D eigenvalue weighted by molar-refractivity contribution is -0.140. The molecule has 40 heavy (non-hydrogen) atoms. The van der Waals surface area contributed by atoms with E-state index in [0.29, 0.717) is 23.7 Å². The second-order valence-electron chi connectivity index (χ2n) is 9.24. The maximum absolute atomic E-state index is 14.0. The van der Waals surface area contributed by atoms with E-state index in [2.05, 4.69) is 5.32 Å². The lowest BCUT2D eigenvalue weighted by Crippen LogP contribution is -2.52. The van der Waals surface area contributed by atoms with E-state index in [1.807, 2.05) is 13.8 Å². The Balaban J connectivity index is 2.03. The largest absolute Gasteiger partial charge is 0.497 e. The summed E-state index contributed by atoms with van der Waals surface area (Å²) in [4.78, 5) is 28.8. The van der Waals surface area contributed by atoms with Gasteiger partial charge in [0.25, 0.3) is 10.0 Å². The summed E-state index contributed by atoms with van der Waals surface area (Å²) in [5.41, 5.74) is 1.03. The van der Waals surface area contributed by atoms with Crippen LogP contribution in [0.4, 0.5) is 5.69 Å². The van der Waals surface area contributed by atoms with Gasteiger partial charge in [0.15, 0.2) is 0 Å². The Morgan fingerprint density at radius 3 is 2.30 bits per heavy atom. The van der Waals surface area contributed by atoms with Crippen molar-refractivity contribution in [3.63, 3.8) is 0 Å². The molecule has 0 radical (unpaired) electrons. The number of anilines is 1. The molecule has 0 unspecified atom stereocenters. The molecule has 1 N–H and O–H groups in total. The topological polar surface area (TPSA) is 96.0 Å². The first-order chi connectivity index (χ1) is 19.2. The zero-order valence-electron chi connectivity index (χ0n) is 23.0. The van der Waals surface area contributed by atoms with Gasteiger partial charge >= 0.3 is 0 Å². The van der Waals surface area contributed by atoms with Gasteiger partial charge in [0.2, 0.25) is 11.8 Å². The molecule has 3 aromatic rings. The van der Waals surface area contributed by atoms with Crippen molar-refractivity contribution >= 4 is 39.1 Å². The molecule has 0 heterocycles. The first kappa shape index (κ1) is 31.0. The van der Waals surface area contributed by atoms with Gasteiger partial charge in [-0.15, -0.1) is 0 Å². The molecule has 0 saturated carbocycles. The van der Waals surface area contributed by atoms with Crippen LogP contribution in [0.5, 0.6) is 5.75 Å². The number of unbranched alkanes of at least 4 members (excludes halogenated alkanes) is 1. The average molecular weight is 586 g/mol. The Bertz CT molecular complexity index is 1370. The SMILES string of the molecule is CCCCNC(=O)[C@@H](CC)N(Cc1ccc(Cl)cc1)C(=O)CN(c1cccc(OC)c1)S(=O)(=O)c1ccccc1. The van der Waals surface area contributed by atoms with E-state index in [1.54, 1.807) is 66.7 Å². The number of methoxy groups -OCH3 is 1. The van der Waals surface area contributed by atoms with Crippen LogP contribution in [0.3, 0.4) is 0 Å². The Hall–Kier alpha value is -3.56. The second-order valence-corrected chi connectivity index (χ2v) is 11.5. The molecule has 3 rings (SSSR count). The molecule has 0 aromatic heterocycles. The van der Waals surface area contributed by atoms with E-state index in [9.17, 15) is 18.0 Å². The van der Waals surface area contributed by atoms with Crippen molar-refractivity contribution in [3.05, 3.63) is 89.4 Å². The fourth-order valence-corrected chi connectivity index (χ4v) is 5.78. The average Bonchev–Trinajstić information content (AvgIpc) is 2.97. The number of nitrogens with zero attached hydrogens (tertiary/aromatic N) is 2.